The van der Waals surface area contributed by atoms with Gasteiger partial charge in [-0.05, 0) is 44.9 Å². The molecule has 1 saturated heterocycles. The normalized spacial score (nSPS) is 20.9. The van der Waals surface area contributed by atoms with Crippen LogP contribution < -0.4 is 5.32 Å². The number of carbonyl (C=O) groups excluding carboxylic acids is 1. The van der Waals surface area contributed by atoms with Crippen LogP contribution in [0.5, 0.6) is 0 Å². The highest BCUT2D eigenvalue weighted by atomic mass is 32.3. The van der Waals surface area contributed by atoms with Gasteiger partial charge >= 0.3 is 10.4 Å². The number of unbranched alkanes of at least 4 members (excludes halogenated alkanes) is 27. The van der Waals surface area contributed by atoms with Gasteiger partial charge in [-0.25, -0.2) is 4.18 Å². The van der Waals surface area contributed by atoms with Gasteiger partial charge in [-0.2, -0.15) is 8.42 Å². The van der Waals surface area contributed by atoms with E-state index in [1.165, 1.54) is 141 Å². The van der Waals surface area contributed by atoms with Crippen molar-refractivity contribution in [2.75, 3.05) is 13.2 Å². The van der Waals surface area contributed by atoms with Gasteiger partial charge in [-0.15, -0.1) is 0 Å². The van der Waals surface area contributed by atoms with Crippen LogP contribution in [-0.4, -0.2) is 95.4 Å². The highest BCUT2D eigenvalue weighted by molar-refractivity contribution is 7.80. The molecule has 0 bridgehead atoms. The van der Waals surface area contributed by atoms with E-state index >= 15 is 0 Å². The first-order valence-corrected chi connectivity index (χ1v) is 25.6. The van der Waals surface area contributed by atoms with Crippen molar-refractivity contribution in [2.45, 2.75) is 256 Å². The van der Waals surface area contributed by atoms with E-state index in [9.17, 15) is 38.2 Å². The highest BCUT2D eigenvalue weighted by Gasteiger charge is 2.48. The minimum Gasteiger partial charge on any atom is -0.394 e. The Kier molecular flexibility index (Phi) is 35.9. The molecule has 7 atom stereocenters. The van der Waals surface area contributed by atoms with Crippen molar-refractivity contribution in [2.24, 2.45) is 0 Å². The maximum atomic E-state index is 13.0. The minimum absolute atomic E-state index is 0.265. The molecular weight excluding hydrogens is 787 g/mol. The number of amides is 1. The molecule has 1 aliphatic heterocycles. The van der Waals surface area contributed by atoms with Crippen LogP contribution in [0.3, 0.4) is 0 Å². The standard InChI is InChI=1S/C47H89NO11S/c1-3-5-7-9-11-13-15-17-19-21-23-25-27-29-31-33-35-37-43(51)48-40(39-57-47-45(53)46(59-60(54,55)56)44(52)42(38-49)58-47)41(50)36-34-32-30-28-26-24-22-20-18-16-14-12-10-8-6-4-2/h17,19,34,36,40-42,44-47,49-50,52-53H,3-16,18,20-33,35,37-39H2,1-2H3,(H,48,51)(H,54,55,56)/b19-17-,36-34+. The number of hydrogen-bond acceptors (Lipinski definition) is 10. The molecule has 354 valence electrons. The third-order valence-corrected chi connectivity index (χ3v) is 11.9. The second-order valence-electron chi connectivity index (χ2n) is 17.0. The van der Waals surface area contributed by atoms with Gasteiger partial charge in [0.15, 0.2) is 6.29 Å². The largest absolute Gasteiger partial charge is 0.397 e. The van der Waals surface area contributed by atoms with E-state index in [4.69, 9.17) is 9.47 Å². The number of aliphatic hydroxyl groups excluding tert-OH is 4. The van der Waals surface area contributed by atoms with Gasteiger partial charge in [-0.3, -0.25) is 9.35 Å². The monoisotopic (exact) mass is 876 g/mol. The molecule has 0 aromatic rings. The van der Waals surface area contributed by atoms with Crippen LogP contribution in [0.4, 0.5) is 0 Å². The van der Waals surface area contributed by atoms with Gasteiger partial charge in [0, 0.05) is 6.42 Å². The quantitative estimate of drug-likeness (QED) is 0.0195. The summed E-state index contributed by atoms with van der Waals surface area (Å²) < 4.78 is 47.6. The van der Waals surface area contributed by atoms with E-state index in [0.717, 1.165) is 44.9 Å². The van der Waals surface area contributed by atoms with Gasteiger partial charge in [0.1, 0.15) is 24.4 Å². The van der Waals surface area contributed by atoms with Crippen molar-refractivity contribution in [3.63, 3.8) is 0 Å². The molecule has 12 nitrogen and oxygen atoms in total. The number of hydrogen-bond donors (Lipinski definition) is 6. The summed E-state index contributed by atoms with van der Waals surface area (Å²) in [7, 11) is -5.08. The molecule has 1 aliphatic rings. The molecule has 6 N–H and O–H groups in total. The molecule has 0 radical (unpaired) electrons. The first-order chi connectivity index (χ1) is 29.0. The Balaban J connectivity index is 2.51. The maximum absolute atomic E-state index is 13.0. The fourth-order valence-electron chi connectivity index (χ4n) is 7.68. The van der Waals surface area contributed by atoms with Crippen molar-refractivity contribution in [1.29, 1.82) is 0 Å². The molecule has 1 rings (SSSR count). The SMILES string of the molecule is CCCCCCCC/C=C\CCCCCCCCCC(=O)NC(COC1OC(CO)C(O)C(OS(=O)(=O)O)C1O)C(O)/C=C/CCCCCCCCCCCCCCCC. The van der Waals surface area contributed by atoms with E-state index in [0.29, 0.717) is 6.42 Å². The van der Waals surface area contributed by atoms with Gasteiger partial charge < -0.3 is 35.2 Å². The summed E-state index contributed by atoms with van der Waals surface area (Å²) in [6.45, 7) is 3.39. The second-order valence-corrected chi connectivity index (χ2v) is 18.1. The fraction of sp³-hybridized carbons (Fsp3) is 0.894. The summed E-state index contributed by atoms with van der Waals surface area (Å²) >= 11 is 0. The van der Waals surface area contributed by atoms with Crippen LogP contribution >= 0.6 is 0 Å². The Morgan fingerprint density at radius 1 is 0.650 bits per heavy atom. The van der Waals surface area contributed by atoms with Crippen LogP contribution in [0.1, 0.15) is 213 Å². The van der Waals surface area contributed by atoms with Crippen molar-refractivity contribution < 1.29 is 51.8 Å². The van der Waals surface area contributed by atoms with Crippen molar-refractivity contribution in [1.82, 2.24) is 5.32 Å². The summed E-state index contributed by atoms with van der Waals surface area (Å²) in [5.74, 6) is -0.267. The van der Waals surface area contributed by atoms with Crippen molar-refractivity contribution >= 4 is 16.3 Å². The molecular formula is C47H89NO11S. The molecule has 0 spiro atoms. The van der Waals surface area contributed by atoms with Gasteiger partial charge in [0.2, 0.25) is 5.91 Å². The predicted molar refractivity (Wildman–Crippen MR) is 241 cm³/mol. The average molecular weight is 876 g/mol. The van der Waals surface area contributed by atoms with Crippen LogP contribution in [0.15, 0.2) is 24.3 Å². The number of aliphatic hydroxyl groups is 4. The lowest BCUT2D eigenvalue weighted by Gasteiger charge is -2.41. The average Bonchev–Trinajstić information content (AvgIpc) is 3.22. The number of rotatable bonds is 41. The number of carbonyl (C=O) groups is 1. The molecule has 0 aliphatic carbocycles. The van der Waals surface area contributed by atoms with Crippen LogP contribution in [0.25, 0.3) is 0 Å². The zero-order valence-corrected chi connectivity index (χ0v) is 38.6. The highest BCUT2D eigenvalue weighted by Crippen LogP contribution is 2.26. The van der Waals surface area contributed by atoms with Crippen LogP contribution in [0.2, 0.25) is 0 Å². The second kappa shape index (κ2) is 38.1. The summed E-state index contributed by atoms with van der Waals surface area (Å²) in [4.78, 5) is 13.0. The third kappa shape index (κ3) is 30.6. The minimum atomic E-state index is -5.08. The van der Waals surface area contributed by atoms with E-state index in [2.05, 4.69) is 35.5 Å². The molecule has 1 amide bonds. The van der Waals surface area contributed by atoms with Crippen molar-refractivity contribution in [3.05, 3.63) is 24.3 Å². The zero-order valence-electron chi connectivity index (χ0n) is 37.8. The zero-order chi connectivity index (χ0) is 44.1. The first-order valence-electron chi connectivity index (χ1n) is 24.2. The molecule has 7 unspecified atom stereocenters. The summed E-state index contributed by atoms with van der Waals surface area (Å²) in [6, 6.07) is -0.943. The van der Waals surface area contributed by atoms with Crippen LogP contribution in [0, 0.1) is 0 Å². The van der Waals surface area contributed by atoms with E-state index in [1.54, 1.807) is 6.08 Å². The Morgan fingerprint density at radius 2 is 1.07 bits per heavy atom. The fourth-order valence-corrected chi connectivity index (χ4v) is 8.19. The molecule has 1 heterocycles. The Morgan fingerprint density at radius 3 is 1.50 bits per heavy atom. The van der Waals surface area contributed by atoms with Gasteiger partial charge in [0.25, 0.3) is 0 Å². The smallest absolute Gasteiger partial charge is 0.394 e. The molecule has 0 saturated carbocycles. The summed E-state index contributed by atoms with van der Waals surface area (Å²) in [6.07, 6.45) is 34.9. The molecule has 13 heteroatoms. The number of ether oxygens (including phenoxy) is 2. The lowest BCUT2D eigenvalue weighted by atomic mass is 9.99. The molecule has 1 fully saturated rings. The van der Waals surface area contributed by atoms with Crippen LogP contribution in [-0.2, 0) is 28.9 Å². The third-order valence-electron chi connectivity index (χ3n) is 11.5. The predicted octanol–water partition coefficient (Wildman–Crippen LogP) is 9.72. The summed E-state index contributed by atoms with van der Waals surface area (Å²) in [5, 5.41) is 44.7. The molecule has 60 heavy (non-hydrogen) atoms. The topological polar surface area (TPSA) is 192 Å². The number of allylic oxidation sites excluding steroid dienone is 3. The van der Waals surface area contributed by atoms with E-state index in [1.807, 2.05) is 6.08 Å². The number of nitrogens with one attached hydrogen (secondary N) is 1. The van der Waals surface area contributed by atoms with Crippen molar-refractivity contribution in [3.8, 4) is 0 Å². The Hall–Kier alpha value is -1.42. The Labute approximate surface area is 365 Å². The van der Waals surface area contributed by atoms with E-state index < -0.39 is 59.9 Å². The molecule has 0 aromatic carbocycles. The first kappa shape index (κ1) is 56.6. The Bertz CT molecular complexity index is 1170. The van der Waals surface area contributed by atoms with E-state index in [-0.39, 0.29) is 18.9 Å². The lowest BCUT2D eigenvalue weighted by molar-refractivity contribution is -0.298. The molecule has 0 aromatic heterocycles. The van der Waals surface area contributed by atoms with Gasteiger partial charge in [0.05, 0.1) is 25.4 Å². The maximum Gasteiger partial charge on any atom is 0.397 e. The summed E-state index contributed by atoms with van der Waals surface area (Å²) in [5.41, 5.74) is 0. The lowest BCUT2D eigenvalue weighted by Crippen LogP contribution is -2.61. The van der Waals surface area contributed by atoms with Gasteiger partial charge in [-0.1, -0.05) is 186 Å².